The topological polar surface area (TPSA) is 62.5 Å². The molecule has 0 amide bonds. The summed E-state index contributed by atoms with van der Waals surface area (Å²) < 4.78 is 17.8. The summed E-state index contributed by atoms with van der Waals surface area (Å²) >= 11 is 0. The van der Waals surface area contributed by atoms with Gasteiger partial charge in [-0.1, -0.05) is 166 Å². The first-order valence-electron chi connectivity index (χ1n) is 25.6. The van der Waals surface area contributed by atoms with E-state index in [4.69, 9.17) is 7.73 Å². The van der Waals surface area contributed by atoms with Gasteiger partial charge in [0.1, 0.15) is 0 Å². The zero-order valence-electron chi connectivity index (χ0n) is 43.5. The van der Waals surface area contributed by atoms with E-state index in [0.29, 0.717) is 16.8 Å². The van der Waals surface area contributed by atoms with E-state index < -0.39 is 11.8 Å². The fourth-order valence-electron chi connectivity index (χ4n) is 9.46. The Morgan fingerprint density at radius 1 is 0.479 bits per heavy atom. The monoisotopic (exact) mass is 1120 g/mol. The molecular formula is C68H55IrN4. The van der Waals surface area contributed by atoms with Crippen LogP contribution in [0.25, 0.3) is 78.3 Å². The Morgan fingerprint density at radius 3 is 1.59 bits per heavy atom. The maximum atomic E-state index is 10.1. The van der Waals surface area contributed by atoms with Crippen molar-refractivity contribution in [2.75, 3.05) is 0 Å². The quantitative estimate of drug-likeness (QED) is 0.102. The van der Waals surface area contributed by atoms with Gasteiger partial charge >= 0.3 is 20.1 Å². The van der Waals surface area contributed by atoms with Crippen molar-refractivity contribution < 1.29 is 22.8 Å². The molecule has 0 saturated heterocycles. The Morgan fingerprint density at radius 2 is 1.04 bits per heavy atom. The second-order valence-electron chi connectivity index (χ2n) is 19.4. The molecule has 4 nitrogen and oxygen atoms in total. The number of hydrogen-bond donors (Lipinski definition) is 0. The van der Waals surface area contributed by atoms with Crippen molar-refractivity contribution in [3.63, 3.8) is 0 Å². The van der Waals surface area contributed by atoms with Crippen molar-refractivity contribution in [3.05, 3.63) is 258 Å². The van der Waals surface area contributed by atoms with Gasteiger partial charge in [0, 0.05) is 26.9 Å². The first-order valence-corrected chi connectivity index (χ1v) is 24.6. The van der Waals surface area contributed by atoms with E-state index in [0.717, 1.165) is 104 Å². The van der Waals surface area contributed by atoms with E-state index in [1.807, 2.05) is 107 Å². The number of benzene rings is 7. The molecule has 0 N–H and O–H groups in total. The second kappa shape index (κ2) is 22.7. The van der Waals surface area contributed by atoms with Gasteiger partial charge in [-0.05, 0) is 111 Å². The smallest absolute Gasteiger partial charge is 0.305 e. The predicted molar refractivity (Wildman–Crippen MR) is 295 cm³/mol. The first-order chi connectivity index (χ1) is 35.9. The Kier molecular flexibility index (Phi) is 14.8. The molecule has 0 spiro atoms. The molecule has 0 atom stereocenters. The van der Waals surface area contributed by atoms with Crippen LogP contribution in [0.4, 0.5) is 0 Å². The third-order valence-corrected chi connectivity index (χ3v) is 13.0. The minimum absolute atomic E-state index is 0. The Bertz CT molecular complexity index is 3500. The predicted octanol–water partition coefficient (Wildman–Crippen LogP) is 16.3. The second-order valence-corrected chi connectivity index (χ2v) is 19.4. The molecule has 0 aliphatic heterocycles. The molecule has 10 aromatic rings. The molecule has 356 valence electrons. The summed E-state index contributed by atoms with van der Waals surface area (Å²) in [5.74, 6) is 0. The number of hydrogen-bond acceptors (Lipinski definition) is 4. The van der Waals surface area contributed by atoms with Crippen LogP contribution in [0.5, 0.6) is 0 Å². The van der Waals surface area contributed by atoms with E-state index in [9.17, 15) is 5.26 Å². The molecular weight excluding hydrogens is 1060 g/mol. The van der Waals surface area contributed by atoms with Crippen LogP contribution in [0, 0.1) is 41.9 Å². The molecule has 0 aliphatic rings. The average Bonchev–Trinajstić information content (AvgIpc) is 3.44. The van der Waals surface area contributed by atoms with Gasteiger partial charge in [0.25, 0.3) is 0 Å². The van der Waals surface area contributed by atoms with E-state index in [-0.39, 0.29) is 20.1 Å². The van der Waals surface area contributed by atoms with Gasteiger partial charge in [-0.3, -0.25) is 0 Å². The fourth-order valence-corrected chi connectivity index (χ4v) is 9.46. The van der Waals surface area contributed by atoms with Crippen LogP contribution in [-0.4, -0.2) is 15.0 Å². The normalized spacial score (nSPS) is 11.8. The number of rotatable bonds is 14. The van der Waals surface area contributed by atoms with Crippen LogP contribution in [0.15, 0.2) is 201 Å². The van der Waals surface area contributed by atoms with Gasteiger partial charge < -0.3 is 15.0 Å². The summed E-state index contributed by atoms with van der Waals surface area (Å²) in [6, 6.07) is 75.7. The molecule has 0 unspecified atom stereocenters. The van der Waals surface area contributed by atoms with Crippen molar-refractivity contribution in [1.82, 2.24) is 15.0 Å². The molecule has 73 heavy (non-hydrogen) atoms. The third kappa shape index (κ3) is 12.1. The van der Waals surface area contributed by atoms with Crippen LogP contribution >= 0.6 is 0 Å². The van der Waals surface area contributed by atoms with Gasteiger partial charge in [-0.15, -0.1) is 94.5 Å². The molecule has 3 aromatic heterocycles. The van der Waals surface area contributed by atoms with Crippen molar-refractivity contribution in [2.24, 2.45) is 5.41 Å². The van der Waals surface area contributed by atoms with Gasteiger partial charge in [-0.25, -0.2) is 0 Å². The molecule has 10 rings (SSSR count). The molecule has 7 aromatic carbocycles. The Balaban J connectivity index is 0.00000689. The van der Waals surface area contributed by atoms with Crippen LogP contribution in [0.3, 0.4) is 0 Å². The van der Waals surface area contributed by atoms with Crippen molar-refractivity contribution in [1.29, 1.82) is 5.26 Å². The number of aromatic nitrogens is 3. The SMILES string of the molecule is [2H]C([2H])(c1ccc(-c2[c-]cc(-c3ccccc3-c3cc(CCc4c[c-]c(-c5ccccn5)cc4)cc(CCc4c[c-]c(-c5ccccn5)cc4)c3)c(-c3ccc(-c4c(C)cccc4C#N)cc3)c2)nc1)C(C)(C)C.[Ir+3]. The number of nitrogens with zero attached hydrogens (tertiary/aromatic N) is 4. The van der Waals surface area contributed by atoms with Crippen LogP contribution in [0.1, 0.15) is 62.5 Å². The van der Waals surface area contributed by atoms with E-state index in [1.165, 1.54) is 22.3 Å². The van der Waals surface area contributed by atoms with E-state index in [2.05, 4.69) is 149 Å². The zero-order chi connectivity index (χ0) is 51.2. The largest absolute Gasteiger partial charge is 3.00 e. The summed E-state index contributed by atoms with van der Waals surface area (Å²) in [7, 11) is 0. The minimum Gasteiger partial charge on any atom is -0.305 e. The van der Waals surface area contributed by atoms with Crippen molar-refractivity contribution in [2.45, 2.75) is 59.8 Å². The standard InChI is InChI=1S/C68H55N4.Ir/c1-47-12-11-13-58(45-69)67(47)56-33-31-53(32-34-56)63-43-57(66-37-26-52(46-72-66)44-68(2,3)4)35-36-62(63)61-15-6-5-14-60(61)59-41-50(20-18-48-22-27-54(28-23-48)64-16-7-9-38-70-64)40-51(42-59)21-19-49-24-29-55(30-25-49)65-17-8-10-39-71-65;/h5-17,22-27,29,31-34,36-43,46H,18-21,44H2,1-4H3;/q-3;+3/i44D2;. The molecule has 3 heterocycles. The third-order valence-electron chi connectivity index (χ3n) is 13.0. The van der Waals surface area contributed by atoms with E-state index in [1.54, 1.807) is 6.20 Å². The van der Waals surface area contributed by atoms with Crippen LogP contribution in [0.2, 0.25) is 0 Å². The molecule has 5 heteroatoms. The molecule has 0 saturated carbocycles. The summed E-state index contributed by atoms with van der Waals surface area (Å²) in [6.45, 7) is 7.77. The van der Waals surface area contributed by atoms with Gasteiger partial charge in [-0.2, -0.15) is 5.26 Å². The molecule has 0 aliphatic carbocycles. The first kappa shape index (κ1) is 47.5. The maximum absolute atomic E-state index is 10.1. The summed E-state index contributed by atoms with van der Waals surface area (Å²) in [6.07, 6.45) is 7.14. The van der Waals surface area contributed by atoms with Gasteiger partial charge in [0.05, 0.1) is 11.6 Å². The maximum Gasteiger partial charge on any atom is 3.00 e. The number of nitriles is 1. The zero-order valence-corrected chi connectivity index (χ0v) is 43.9. The Hall–Kier alpha value is -7.87. The molecule has 0 radical (unpaired) electrons. The summed E-state index contributed by atoms with van der Waals surface area (Å²) in [4.78, 5) is 13.9. The van der Waals surface area contributed by atoms with E-state index >= 15 is 0 Å². The Labute approximate surface area is 447 Å². The van der Waals surface area contributed by atoms with Gasteiger partial charge in [0.2, 0.25) is 0 Å². The molecule has 0 fully saturated rings. The fraction of sp³-hybridized carbons (Fsp3) is 0.147. The summed E-state index contributed by atoms with van der Waals surface area (Å²) in [5, 5.41) is 10.1. The van der Waals surface area contributed by atoms with Crippen LogP contribution < -0.4 is 0 Å². The number of aryl methyl sites for hydroxylation is 5. The number of pyridine rings is 3. The minimum atomic E-state index is -1.57. The van der Waals surface area contributed by atoms with Crippen LogP contribution in [-0.2, 0) is 52.2 Å². The van der Waals surface area contributed by atoms with Crippen molar-refractivity contribution >= 4 is 0 Å². The van der Waals surface area contributed by atoms with Crippen molar-refractivity contribution in [3.8, 4) is 84.3 Å². The average molecular weight is 1120 g/mol. The van der Waals surface area contributed by atoms with Gasteiger partial charge in [0.15, 0.2) is 0 Å². The molecule has 0 bridgehead atoms. The summed E-state index contributed by atoms with van der Waals surface area (Å²) in [5.41, 5.74) is 20.1.